The SMILES string of the molecule is CC(C)C(N)C(=O)OCCO[N+](=O)[O-].O=C(O)C(O)C(O)C(=O)O. The molecule has 0 spiro atoms. The zero-order valence-electron chi connectivity index (χ0n) is 12.9. The molecule has 6 N–H and O–H groups in total. The quantitative estimate of drug-likeness (QED) is 0.126. The Kier molecular flexibility index (Phi) is 11.9. The lowest BCUT2D eigenvalue weighted by atomic mass is 10.1. The normalized spacial score (nSPS) is 13.8. The predicted molar refractivity (Wildman–Crippen MR) is 74.0 cm³/mol. The number of ether oxygens (including phenoxy) is 1. The standard InChI is InChI=1S/C7H14N2O5.C4H6O6/c1-5(2)6(8)7(10)13-3-4-14-9(11)12;5-1(3(7)8)2(6)4(9)10/h5-6H,3-4,8H2,1-2H3;1-2,5-6H,(H,7,8)(H,9,10). The molecule has 0 amide bonds. The number of esters is 1. The Labute approximate surface area is 135 Å². The fourth-order valence-corrected chi connectivity index (χ4v) is 0.893. The van der Waals surface area contributed by atoms with Gasteiger partial charge in [-0.1, -0.05) is 13.8 Å². The van der Waals surface area contributed by atoms with Crippen LogP contribution in [0.25, 0.3) is 0 Å². The van der Waals surface area contributed by atoms with Crippen LogP contribution in [0.2, 0.25) is 0 Å². The van der Waals surface area contributed by atoms with Crippen LogP contribution in [0.1, 0.15) is 13.8 Å². The maximum Gasteiger partial charge on any atom is 0.335 e. The van der Waals surface area contributed by atoms with Crippen molar-refractivity contribution in [3.05, 3.63) is 10.1 Å². The number of carbonyl (C=O) groups is 3. The van der Waals surface area contributed by atoms with Crippen LogP contribution >= 0.6 is 0 Å². The summed E-state index contributed by atoms with van der Waals surface area (Å²) >= 11 is 0. The number of hydrogen-bond donors (Lipinski definition) is 5. The molecule has 0 aliphatic heterocycles. The molecule has 0 aliphatic rings. The van der Waals surface area contributed by atoms with Gasteiger partial charge in [-0.25, -0.2) is 9.59 Å². The van der Waals surface area contributed by atoms with Gasteiger partial charge in [0.1, 0.15) is 19.3 Å². The fraction of sp³-hybridized carbons (Fsp3) is 0.727. The van der Waals surface area contributed by atoms with Crippen molar-refractivity contribution < 1.29 is 49.5 Å². The van der Waals surface area contributed by atoms with Crippen LogP contribution in [0.3, 0.4) is 0 Å². The molecule has 3 atom stereocenters. The molecule has 13 heteroatoms. The van der Waals surface area contributed by atoms with E-state index in [4.69, 9.17) is 26.2 Å². The molecule has 0 heterocycles. The third kappa shape index (κ3) is 11.1. The van der Waals surface area contributed by atoms with Crippen LogP contribution in [0.4, 0.5) is 0 Å². The van der Waals surface area contributed by atoms with Crippen molar-refractivity contribution in [3.8, 4) is 0 Å². The van der Waals surface area contributed by atoms with Gasteiger partial charge in [-0.05, 0) is 5.92 Å². The van der Waals surface area contributed by atoms with Crippen molar-refractivity contribution in [2.45, 2.75) is 32.1 Å². The van der Waals surface area contributed by atoms with Gasteiger partial charge < -0.3 is 35.7 Å². The number of aliphatic hydroxyl groups is 2. The first kappa shape index (κ1) is 23.8. The van der Waals surface area contributed by atoms with E-state index in [1.807, 2.05) is 0 Å². The summed E-state index contributed by atoms with van der Waals surface area (Å²) in [5.74, 6) is -4.14. The maximum absolute atomic E-state index is 11.1. The third-order valence-corrected chi connectivity index (χ3v) is 2.32. The van der Waals surface area contributed by atoms with Gasteiger partial charge in [0.15, 0.2) is 12.2 Å². The summed E-state index contributed by atoms with van der Waals surface area (Å²) in [6.45, 7) is 3.11. The highest BCUT2D eigenvalue weighted by molar-refractivity contribution is 5.83. The van der Waals surface area contributed by atoms with E-state index < -0.39 is 41.2 Å². The van der Waals surface area contributed by atoms with Crippen molar-refractivity contribution in [2.24, 2.45) is 11.7 Å². The second kappa shape index (κ2) is 12.0. The molecule has 0 fully saturated rings. The monoisotopic (exact) mass is 356 g/mol. The molecule has 0 aromatic carbocycles. The molecule has 0 aliphatic carbocycles. The van der Waals surface area contributed by atoms with Gasteiger partial charge >= 0.3 is 17.9 Å². The molecule has 0 radical (unpaired) electrons. The van der Waals surface area contributed by atoms with Crippen molar-refractivity contribution in [1.82, 2.24) is 0 Å². The third-order valence-electron chi connectivity index (χ3n) is 2.32. The molecule has 140 valence electrons. The molecule has 0 aromatic heterocycles. The van der Waals surface area contributed by atoms with E-state index in [2.05, 4.69) is 9.57 Å². The molecular weight excluding hydrogens is 336 g/mol. The van der Waals surface area contributed by atoms with Crippen LogP contribution in [0.5, 0.6) is 0 Å². The summed E-state index contributed by atoms with van der Waals surface area (Å²) in [6.07, 6.45) is -4.53. The minimum absolute atomic E-state index is 0.0288. The molecule has 0 bridgehead atoms. The van der Waals surface area contributed by atoms with Crippen LogP contribution < -0.4 is 5.73 Å². The molecule has 0 aromatic rings. The number of aliphatic carboxylic acids is 2. The molecule has 13 nitrogen and oxygen atoms in total. The van der Waals surface area contributed by atoms with Gasteiger partial charge in [-0.15, -0.1) is 10.1 Å². The largest absolute Gasteiger partial charge is 0.479 e. The molecule has 3 unspecified atom stereocenters. The summed E-state index contributed by atoms with van der Waals surface area (Å²) in [4.78, 5) is 44.2. The Balaban J connectivity index is 0. The fourth-order valence-electron chi connectivity index (χ4n) is 0.893. The molecular formula is C11H20N2O11. The second-order valence-electron chi connectivity index (χ2n) is 4.56. The number of carbonyl (C=O) groups excluding carboxylic acids is 1. The zero-order valence-corrected chi connectivity index (χ0v) is 12.9. The first-order valence-electron chi connectivity index (χ1n) is 6.43. The van der Waals surface area contributed by atoms with Gasteiger partial charge in [-0.2, -0.15) is 0 Å². The number of aliphatic hydroxyl groups excluding tert-OH is 2. The van der Waals surface area contributed by atoms with Gasteiger partial charge in [0.2, 0.25) is 0 Å². The molecule has 0 rings (SSSR count). The Morgan fingerprint density at radius 3 is 1.79 bits per heavy atom. The van der Waals surface area contributed by atoms with E-state index in [-0.39, 0.29) is 19.1 Å². The summed E-state index contributed by atoms with van der Waals surface area (Å²) in [5, 5.41) is 41.3. The van der Waals surface area contributed by atoms with Gasteiger partial charge in [0.05, 0.1) is 0 Å². The lowest BCUT2D eigenvalue weighted by Crippen LogP contribution is -2.39. The number of nitrogens with two attached hydrogens (primary N) is 1. The van der Waals surface area contributed by atoms with E-state index >= 15 is 0 Å². The average Bonchev–Trinajstić information content (AvgIpc) is 2.48. The number of nitrogens with zero attached hydrogens (tertiary/aromatic N) is 1. The Morgan fingerprint density at radius 2 is 1.50 bits per heavy atom. The Bertz CT molecular complexity index is 422. The molecule has 24 heavy (non-hydrogen) atoms. The first-order chi connectivity index (χ1) is 10.9. The van der Waals surface area contributed by atoms with Crippen LogP contribution in [0, 0.1) is 16.0 Å². The van der Waals surface area contributed by atoms with Crippen LogP contribution in [0.15, 0.2) is 0 Å². The zero-order chi connectivity index (χ0) is 19.4. The highest BCUT2D eigenvalue weighted by Crippen LogP contribution is 2.00. The summed E-state index contributed by atoms with van der Waals surface area (Å²) in [6, 6.07) is -0.703. The summed E-state index contributed by atoms with van der Waals surface area (Å²) in [7, 11) is 0. The molecule has 0 saturated heterocycles. The lowest BCUT2D eigenvalue weighted by Gasteiger charge is -2.13. The van der Waals surface area contributed by atoms with Crippen LogP contribution in [-0.4, -0.2) is 74.9 Å². The van der Waals surface area contributed by atoms with E-state index in [1.54, 1.807) is 13.8 Å². The molecule has 0 saturated carbocycles. The number of rotatable bonds is 9. The Hall–Kier alpha value is -2.51. The minimum Gasteiger partial charge on any atom is -0.479 e. The summed E-state index contributed by atoms with van der Waals surface area (Å²) in [5.41, 5.74) is 5.45. The topological polar surface area (TPSA) is 220 Å². The highest BCUT2D eigenvalue weighted by atomic mass is 17.0. The van der Waals surface area contributed by atoms with E-state index in [9.17, 15) is 24.5 Å². The van der Waals surface area contributed by atoms with Crippen molar-refractivity contribution in [1.29, 1.82) is 0 Å². The average molecular weight is 356 g/mol. The highest BCUT2D eigenvalue weighted by Gasteiger charge is 2.29. The lowest BCUT2D eigenvalue weighted by molar-refractivity contribution is -0.757. The van der Waals surface area contributed by atoms with Gasteiger partial charge in [0, 0.05) is 0 Å². The van der Waals surface area contributed by atoms with Gasteiger partial charge in [-0.3, -0.25) is 4.79 Å². The van der Waals surface area contributed by atoms with E-state index in [1.165, 1.54) is 0 Å². The van der Waals surface area contributed by atoms with Crippen LogP contribution in [-0.2, 0) is 24.0 Å². The smallest absolute Gasteiger partial charge is 0.335 e. The maximum atomic E-state index is 11.1. The van der Waals surface area contributed by atoms with E-state index in [0.717, 1.165) is 0 Å². The van der Waals surface area contributed by atoms with E-state index in [0.29, 0.717) is 0 Å². The van der Waals surface area contributed by atoms with Crippen molar-refractivity contribution in [2.75, 3.05) is 13.2 Å². The second-order valence-corrected chi connectivity index (χ2v) is 4.56. The number of carboxylic acids is 2. The van der Waals surface area contributed by atoms with Gasteiger partial charge in [0.25, 0.3) is 5.09 Å². The number of hydrogen-bond acceptors (Lipinski definition) is 10. The van der Waals surface area contributed by atoms with Crippen molar-refractivity contribution in [3.63, 3.8) is 0 Å². The number of carboxylic acid groups (broad SMARTS) is 2. The minimum atomic E-state index is -2.27. The predicted octanol–water partition coefficient (Wildman–Crippen LogP) is -2.40. The Morgan fingerprint density at radius 1 is 1.08 bits per heavy atom. The van der Waals surface area contributed by atoms with Crippen molar-refractivity contribution >= 4 is 17.9 Å². The first-order valence-corrected chi connectivity index (χ1v) is 6.43. The summed E-state index contributed by atoms with van der Waals surface area (Å²) < 4.78 is 4.62.